The first-order chi connectivity index (χ1) is 10.0. The van der Waals surface area contributed by atoms with Gasteiger partial charge in [-0.1, -0.05) is 27.7 Å². The van der Waals surface area contributed by atoms with Crippen molar-refractivity contribution in [1.29, 1.82) is 0 Å². The normalized spacial score (nSPS) is 16.9. The highest BCUT2D eigenvalue weighted by Crippen LogP contribution is 2.61. The van der Waals surface area contributed by atoms with E-state index in [1.54, 1.807) is 0 Å². The van der Waals surface area contributed by atoms with Crippen molar-refractivity contribution in [2.24, 2.45) is 10.8 Å². The molecular formula is C14H21F7O2. The maximum Gasteiger partial charge on any atom is 0.400 e. The molecule has 9 heteroatoms. The third-order valence-corrected chi connectivity index (χ3v) is 4.15. The van der Waals surface area contributed by atoms with Crippen molar-refractivity contribution < 1.29 is 40.3 Å². The lowest BCUT2D eigenvalue weighted by molar-refractivity contribution is -0.370. The summed E-state index contributed by atoms with van der Waals surface area (Å²) in [5.41, 5.74) is -6.61. The predicted octanol–water partition coefficient (Wildman–Crippen LogP) is 5.22. The lowest BCUT2D eigenvalue weighted by Gasteiger charge is -2.46. The van der Waals surface area contributed by atoms with Crippen molar-refractivity contribution in [3.8, 4) is 0 Å². The molecule has 0 rings (SSSR count). The Morgan fingerprint density at radius 3 is 1.61 bits per heavy atom. The monoisotopic (exact) mass is 354 g/mol. The van der Waals surface area contributed by atoms with Crippen LogP contribution in [-0.4, -0.2) is 30.6 Å². The number of carbonyl (C=O) groups excluding carboxylic acids is 1. The van der Waals surface area contributed by atoms with Gasteiger partial charge < -0.3 is 4.74 Å². The number of esters is 1. The first kappa shape index (κ1) is 22.0. The SMILES string of the molecule is CCC(=O)OCC(C)(C)C(F)(F)C(F)(F)C(C)(CC)C(F)(F)F. The number of hydrogen-bond acceptors (Lipinski definition) is 2. The van der Waals surface area contributed by atoms with E-state index >= 15 is 0 Å². The molecule has 0 aromatic rings. The number of ether oxygens (including phenoxy) is 1. The zero-order chi connectivity index (χ0) is 18.9. The molecule has 0 saturated heterocycles. The summed E-state index contributed by atoms with van der Waals surface area (Å²) in [6.45, 7) is 2.34. The summed E-state index contributed by atoms with van der Waals surface area (Å²) in [4.78, 5) is 11.0. The Bertz CT molecular complexity index is 429. The van der Waals surface area contributed by atoms with Crippen LogP contribution in [0.15, 0.2) is 0 Å². The maximum absolute atomic E-state index is 14.3. The van der Waals surface area contributed by atoms with Crippen LogP contribution in [0.3, 0.4) is 0 Å². The van der Waals surface area contributed by atoms with Gasteiger partial charge in [-0.05, 0) is 13.3 Å². The molecule has 0 saturated carbocycles. The number of alkyl halides is 7. The molecule has 0 bridgehead atoms. The molecule has 0 fully saturated rings. The third-order valence-electron chi connectivity index (χ3n) is 4.15. The van der Waals surface area contributed by atoms with Crippen molar-refractivity contribution in [1.82, 2.24) is 0 Å². The molecule has 2 nitrogen and oxygen atoms in total. The first-order valence-electron chi connectivity index (χ1n) is 6.99. The Labute approximate surface area is 130 Å². The molecule has 1 atom stereocenters. The summed E-state index contributed by atoms with van der Waals surface area (Å²) in [5.74, 6) is -11.4. The predicted molar refractivity (Wildman–Crippen MR) is 69.4 cm³/mol. The fourth-order valence-electron chi connectivity index (χ4n) is 1.83. The van der Waals surface area contributed by atoms with Gasteiger partial charge >= 0.3 is 24.0 Å². The quantitative estimate of drug-likeness (QED) is 0.463. The molecule has 23 heavy (non-hydrogen) atoms. The molecule has 0 heterocycles. The number of carbonyl (C=O) groups is 1. The van der Waals surface area contributed by atoms with Gasteiger partial charge in [0.25, 0.3) is 0 Å². The van der Waals surface area contributed by atoms with E-state index in [1.165, 1.54) is 6.92 Å². The molecule has 0 aliphatic rings. The Hall–Kier alpha value is -1.02. The van der Waals surface area contributed by atoms with Crippen molar-refractivity contribution in [2.75, 3.05) is 6.61 Å². The number of halogens is 7. The van der Waals surface area contributed by atoms with E-state index in [-0.39, 0.29) is 13.3 Å². The van der Waals surface area contributed by atoms with Crippen molar-refractivity contribution in [3.05, 3.63) is 0 Å². The van der Waals surface area contributed by atoms with Gasteiger partial charge in [0.2, 0.25) is 0 Å². The van der Waals surface area contributed by atoms with Crippen LogP contribution in [0.4, 0.5) is 30.7 Å². The molecule has 0 radical (unpaired) electrons. The van der Waals surface area contributed by atoms with E-state index in [0.29, 0.717) is 13.8 Å². The minimum Gasteiger partial charge on any atom is -0.465 e. The second kappa shape index (κ2) is 6.47. The Kier molecular flexibility index (Phi) is 6.18. The van der Waals surface area contributed by atoms with Gasteiger partial charge in [0.05, 0.1) is 5.41 Å². The van der Waals surface area contributed by atoms with Crippen LogP contribution in [0.5, 0.6) is 0 Å². The highest BCUT2D eigenvalue weighted by molar-refractivity contribution is 5.68. The van der Waals surface area contributed by atoms with E-state index in [1.807, 2.05) is 0 Å². The van der Waals surface area contributed by atoms with Crippen LogP contribution >= 0.6 is 0 Å². The first-order valence-corrected chi connectivity index (χ1v) is 6.99. The molecule has 0 aliphatic heterocycles. The van der Waals surface area contributed by atoms with Gasteiger partial charge in [0.1, 0.15) is 12.0 Å². The average molecular weight is 354 g/mol. The van der Waals surface area contributed by atoms with Crippen LogP contribution in [0.2, 0.25) is 0 Å². The topological polar surface area (TPSA) is 26.3 Å². The van der Waals surface area contributed by atoms with Crippen molar-refractivity contribution >= 4 is 5.97 Å². The second-order valence-electron chi connectivity index (χ2n) is 6.23. The van der Waals surface area contributed by atoms with Crippen LogP contribution in [0, 0.1) is 10.8 Å². The molecule has 138 valence electrons. The summed E-state index contributed by atoms with van der Waals surface area (Å²) >= 11 is 0. The molecule has 1 unspecified atom stereocenters. The molecule has 0 amide bonds. The highest BCUT2D eigenvalue weighted by atomic mass is 19.4. The fourth-order valence-corrected chi connectivity index (χ4v) is 1.83. The van der Waals surface area contributed by atoms with E-state index < -0.39 is 47.8 Å². The summed E-state index contributed by atoms with van der Waals surface area (Å²) in [6.07, 6.45) is -6.94. The Morgan fingerprint density at radius 2 is 1.30 bits per heavy atom. The van der Waals surface area contributed by atoms with Crippen LogP contribution in [0.1, 0.15) is 47.5 Å². The molecular weight excluding hydrogens is 333 g/mol. The number of rotatable bonds is 7. The largest absolute Gasteiger partial charge is 0.465 e. The minimum atomic E-state index is -5.54. The fraction of sp³-hybridized carbons (Fsp3) is 0.929. The van der Waals surface area contributed by atoms with Gasteiger partial charge in [0.15, 0.2) is 0 Å². The van der Waals surface area contributed by atoms with Crippen molar-refractivity contribution in [2.45, 2.75) is 65.5 Å². The molecule has 0 aromatic heterocycles. The molecule has 0 aliphatic carbocycles. The van der Waals surface area contributed by atoms with Gasteiger partial charge in [-0.3, -0.25) is 4.79 Å². The zero-order valence-corrected chi connectivity index (χ0v) is 13.6. The maximum atomic E-state index is 14.3. The minimum absolute atomic E-state index is 0.0645. The van der Waals surface area contributed by atoms with E-state index in [4.69, 9.17) is 0 Å². The van der Waals surface area contributed by atoms with E-state index in [2.05, 4.69) is 4.74 Å². The molecule has 0 N–H and O–H groups in total. The van der Waals surface area contributed by atoms with Crippen LogP contribution in [-0.2, 0) is 9.53 Å². The van der Waals surface area contributed by atoms with Crippen molar-refractivity contribution in [3.63, 3.8) is 0 Å². The third kappa shape index (κ3) is 3.57. The van der Waals surface area contributed by atoms with E-state index in [0.717, 1.165) is 6.92 Å². The number of hydrogen-bond donors (Lipinski definition) is 0. The summed E-state index contributed by atoms with van der Waals surface area (Å²) in [5, 5.41) is 0. The van der Waals surface area contributed by atoms with Gasteiger partial charge in [-0.25, -0.2) is 0 Å². The van der Waals surface area contributed by atoms with Gasteiger partial charge in [-0.15, -0.1) is 0 Å². The Morgan fingerprint density at radius 1 is 0.870 bits per heavy atom. The zero-order valence-electron chi connectivity index (χ0n) is 13.6. The van der Waals surface area contributed by atoms with Crippen LogP contribution < -0.4 is 0 Å². The average Bonchev–Trinajstić information content (AvgIpc) is 2.41. The van der Waals surface area contributed by atoms with Crippen LogP contribution in [0.25, 0.3) is 0 Å². The highest BCUT2D eigenvalue weighted by Gasteiger charge is 2.78. The second-order valence-corrected chi connectivity index (χ2v) is 6.23. The lowest BCUT2D eigenvalue weighted by Crippen LogP contribution is -2.64. The van der Waals surface area contributed by atoms with Gasteiger partial charge in [0, 0.05) is 6.42 Å². The van der Waals surface area contributed by atoms with Gasteiger partial charge in [-0.2, -0.15) is 30.7 Å². The molecule has 0 aromatic carbocycles. The standard InChI is InChI=1S/C14H21F7O2/c1-6-9(22)23-8-10(3,4)12(15,16)13(17,18)11(5,7-2)14(19,20)21/h6-8H2,1-5H3. The Balaban J connectivity index is 5.80. The molecule has 0 spiro atoms. The smallest absolute Gasteiger partial charge is 0.400 e. The summed E-state index contributed by atoms with van der Waals surface area (Å²) < 4.78 is 100. The summed E-state index contributed by atoms with van der Waals surface area (Å²) in [7, 11) is 0. The van der Waals surface area contributed by atoms with E-state index in [9.17, 15) is 35.5 Å². The summed E-state index contributed by atoms with van der Waals surface area (Å²) in [6, 6.07) is 0. The lowest BCUT2D eigenvalue weighted by atomic mass is 9.70.